The van der Waals surface area contributed by atoms with Crippen LogP contribution in [0.3, 0.4) is 0 Å². The van der Waals surface area contributed by atoms with Gasteiger partial charge >= 0.3 is 5.97 Å². The molecule has 1 amide bonds. The maximum atomic E-state index is 11.7. The minimum absolute atomic E-state index is 0.105. The first-order valence-corrected chi connectivity index (χ1v) is 6.75. The molecule has 7 heteroatoms. The molecule has 6 nitrogen and oxygen atoms in total. The van der Waals surface area contributed by atoms with Crippen LogP contribution in [0.25, 0.3) is 0 Å². The van der Waals surface area contributed by atoms with Gasteiger partial charge in [0.05, 0.1) is 5.02 Å². The number of anilines is 1. The SMILES string of the molecule is CC(=O)c1cccc(NC(=O)COC(=O)c2cc(Cl)c[nH]2)c1. The zero-order valence-electron chi connectivity index (χ0n) is 11.7. The summed E-state index contributed by atoms with van der Waals surface area (Å²) in [7, 11) is 0. The minimum atomic E-state index is -0.681. The summed E-state index contributed by atoms with van der Waals surface area (Å²) < 4.78 is 4.85. The molecule has 0 aliphatic rings. The Balaban J connectivity index is 1.89. The molecule has 0 bridgehead atoms. The Hall–Kier alpha value is -2.60. The van der Waals surface area contributed by atoms with Crippen LogP contribution in [-0.2, 0) is 9.53 Å². The van der Waals surface area contributed by atoms with Crippen molar-refractivity contribution in [2.45, 2.75) is 6.92 Å². The van der Waals surface area contributed by atoms with Gasteiger partial charge in [-0.1, -0.05) is 23.7 Å². The number of Topliss-reactive ketones (excluding diaryl/α,β-unsaturated/α-hetero) is 1. The quantitative estimate of drug-likeness (QED) is 0.655. The molecular weight excluding hydrogens is 308 g/mol. The lowest BCUT2D eigenvalue weighted by Gasteiger charge is -2.07. The molecule has 0 aliphatic heterocycles. The van der Waals surface area contributed by atoms with Gasteiger partial charge in [0.25, 0.3) is 5.91 Å². The number of halogens is 1. The number of rotatable bonds is 5. The summed E-state index contributed by atoms with van der Waals surface area (Å²) in [5.41, 5.74) is 1.10. The second-order valence-electron chi connectivity index (χ2n) is 4.49. The lowest BCUT2D eigenvalue weighted by atomic mass is 10.1. The van der Waals surface area contributed by atoms with E-state index in [1.807, 2.05) is 0 Å². The van der Waals surface area contributed by atoms with Gasteiger partial charge in [0.2, 0.25) is 0 Å². The van der Waals surface area contributed by atoms with E-state index >= 15 is 0 Å². The van der Waals surface area contributed by atoms with Gasteiger partial charge in [0.15, 0.2) is 12.4 Å². The molecule has 0 atom stereocenters. The van der Waals surface area contributed by atoms with Gasteiger partial charge in [-0.05, 0) is 25.1 Å². The van der Waals surface area contributed by atoms with Crippen molar-refractivity contribution in [2.24, 2.45) is 0 Å². The average Bonchev–Trinajstić information content (AvgIpc) is 2.91. The molecule has 22 heavy (non-hydrogen) atoms. The topological polar surface area (TPSA) is 88.3 Å². The second kappa shape index (κ2) is 6.91. The highest BCUT2D eigenvalue weighted by molar-refractivity contribution is 6.30. The number of hydrogen-bond donors (Lipinski definition) is 2. The van der Waals surface area contributed by atoms with Crippen molar-refractivity contribution < 1.29 is 19.1 Å². The van der Waals surface area contributed by atoms with Gasteiger partial charge in [-0.25, -0.2) is 4.79 Å². The van der Waals surface area contributed by atoms with Crippen LogP contribution in [0.4, 0.5) is 5.69 Å². The highest BCUT2D eigenvalue weighted by atomic mass is 35.5. The Morgan fingerprint density at radius 1 is 1.27 bits per heavy atom. The highest BCUT2D eigenvalue weighted by Crippen LogP contribution is 2.12. The Bertz CT molecular complexity index is 724. The minimum Gasteiger partial charge on any atom is -0.451 e. The van der Waals surface area contributed by atoms with Crippen molar-refractivity contribution >= 4 is 34.9 Å². The van der Waals surface area contributed by atoms with Crippen molar-refractivity contribution in [3.8, 4) is 0 Å². The fraction of sp³-hybridized carbons (Fsp3) is 0.133. The summed E-state index contributed by atoms with van der Waals surface area (Å²) in [6.07, 6.45) is 1.44. The summed E-state index contributed by atoms with van der Waals surface area (Å²) in [6, 6.07) is 7.88. The largest absolute Gasteiger partial charge is 0.451 e. The smallest absolute Gasteiger partial charge is 0.355 e. The van der Waals surface area contributed by atoms with Crippen molar-refractivity contribution in [2.75, 3.05) is 11.9 Å². The third kappa shape index (κ3) is 4.20. The molecule has 114 valence electrons. The molecular formula is C15H13ClN2O4. The lowest BCUT2D eigenvalue weighted by Crippen LogP contribution is -2.21. The third-order valence-corrected chi connectivity index (χ3v) is 2.97. The zero-order valence-corrected chi connectivity index (χ0v) is 12.4. The molecule has 1 heterocycles. The lowest BCUT2D eigenvalue weighted by molar-refractivity contribution is -0.119. The van der Waals surface area contributed by atoms with Crippen molar-refractivity contribution in [1.82, 2.24) is 4.98 Å². The molecule has 1 aromatic carbocycles. The maximum Gasteiger partial charge on any atom is 0.355 e. The first-order valence-electron chi connectivity index (χ1n) is 6.37. The predicted octanol–water partition coefficient (Wildman–Crippen LogP) is 2.67. The molecule has 2 aromatic rings. The van der Waals surface area contributed by atoms with Crippen LogP contribution in [0.1, 0.15) is 27.8 Å². The van der Waals surface area contributed by atoms with Crippen LogP contribution >= 0.6 is 11.6 Å². The van der Waals surface area contributed by atoms with E-state index in [1.54, 1.807) is 24.3 Å². The van der Waals surface area contributed by atoms with Gasteiger partial charge in [0.1, 0.15) is 5.69 Å². The van der Waals surface area contributed by atoms with E-state index in [1.165, 1.54) is 19.2 Å². The van der Waals surface area contributed by atoms with Gasteiger partial charge < -0.3 is 15.0 Å². The van der Waals surface area contributed by atoms with E-state index in [2.05, 4.69) is 10.3 Å². The molecule has 2 rings (SSSR count). The summed E-state index contributed by atoms with van der Waals surface area (Å²) in [6.45, 7) is 0.990. The first kappa shape index (κ1) is 15.8. The van der Waals surface area contributed by atoms with Gasteiger partial charge in [-0.2, -0.15) is 0 Å². The van der Waals surface area contributed by atoms with Crippen molar-refractivity contribution in [3.63, 3.8) is 0 Å². The van der Waals surface area contributed by atoms with Gasteiger partial charge in [0, 0.05) is 17.4 Å². The second-order valence-corrected chi connectivity index (χ2v) is 4.93. The monoisotopic (exact) mass is 320 g/mol. The number of aromatic nitrogens is 1. The molecule has 0 saturated heterocycles. The number of hydrogen-bond acceptors (Lipinski definition) is 4. The number of ether oxygens (including phenoxy) is 1. The van der Waals surface area contributed by atoms with E-state index < -0.39 is 18.5 Å². The van der Waals surface area contributed by atoms with Crippen LogP contribution in [0.15, 0.2) is 36.5 Å². The first-order chi connectivity index (χ1) is 10.5. The Labute approximate surface area is 131 Å². The highest BCUT2D eigenvalue weighted by Gasteiger charge is 2.12. The van der Waals surface area contributed by atoms with Gasteiger partial charge in [-0.15, -0.1) is 0 Å². The number of benzene rings is 1. The Morgan fingerprint density at radius 2 is 2.05 bits per heavy atom. The molecule has 2 N–H and O–H groups in total. The Morgan fingerprint density at radius 3 is 2.68 bits per heavy atom. The number of ketones is 1. The van der Waals surface area contributed by atoms with Crippen molar-refractivity contribution in [3.05, 3.63) is 52.8 Å². The fourth-order valence-corrected chi connectivity index (χ4v) is 1.87. The summed E-state index contributed by atoms with van der Waals surface area (Å²) in [5.74, 6) is -1.29. The molecule has 0 aliphatic carbocycles. The number of carbonyl (C=O) groups excluding carboxylic acids is 3. The van der Waals surface area contributed by atoms with Crippen LogP contribution in [0.2, 0.25) is 5.02 Å². The number of nitrogens with one attached hydrogen (secondary N) is 2. The number of H-pyrrole nitrogens is 1. The number of amides is 1. The molecule has 0 unspecified atom stereocenters. The van der Waals surface area contributed by atoms with E-state index in [0.717, 1.165) is 0 Å². The number of carbonyl (C=O) groups is 3. The average molecular weight is 321 g/mol. The van der Waals surface area contributed by atoms with Crippen LogP contribution in [0.5, 0.6) is 0 Å². The van der Waals surface area contributed by atoms with Crippen LogP contribution in [0, 0.1) is 0 Å². The molecule has 0 spiro atoms. The van der Waals surface area contributed by atoms with Crippen LogP contribution < -0.4 is 5.32 Å². The Kier molecular flexibility index (Phi) is 4.95. The van der Waals surface area contributed by atoms with Crippen LogP contribution in [-0.4, -0.2) is 29.3 Å². The van der Waals surface area contributed by atoms with E-state index in [9.17, 15) is 14.4 Å². The maximum absolute atomic E-state index is 11.7. The third-order valence-electron chi connectivity index (χ3n) is 2.75. The normalized spacial score (nSPS) is 10.1. The summed E-state index contributed by atoms with van der Waals surface area (Å²) >= 11 is 5.67. The number of aromatic amines is 1. The summed E-state index contributed by atoms with van der Waals surface area (Å²) in [5, 5.41) is 2.92. The fourth-order valence-electron chi connectivity index (χ4n) is 1.71. The van der Waals surface area contributed by atoms with Crippen molar-refractivity contribution in [1.29, 1.82) is 0 Å². The van der Waals surface area contributed by atoms with E-state index in [4.69, 9.17) is 16.3 Å². The predicted molar refractivity (Wildman–Crippen MR) is 81.2 cm³/mol. The molecule has 1 aromatic heterocycles. The summed E-state index contributed by atoms with van der Waals surface area (Å²) in [4.78, 5) is 37.2. The molecule has 0 radical (unpaired) electrons. The standard InChI is InChI=1S/C15H13ClN2O4/c1-9(19)10-3-2-4-12(5-10)18-14(20)8-22-15(21)13-6-11(16)7-17-13/h2-7,17H,8H2,1H3,(H,18,20). The van der Waals surface area contributed by atoms with E-state index in [-0.39, 0.29) is 11.5 Å². The van der Waals surface area contributed by atoms with Gasteiger partial charge in [-0.3, -0.25) is 9.59 Å². The van der Waals surface area contributed by atoms with E-state index in [0.29, 0.717) is 16.3 Å². The molecule has 0 fully saturated rings. The molecule has 0 saturated carbocycles. The zero-order chi connectivity index (χ0) is 16.1. The number of esters is 1.